The van der Waals surface area contributed by atoms with Gasteiger partial charge in [0.05, 0.1) is 11.6 Å². The monoisotopic (exact) mass is 413 g/mol. The predicted molar refractivity (Wildman–Crippen MR) is 127 cm³/mol. The van der Waals surface area contributed by atoms with Crippen LogP contribution in [0.1, 0.15) is 11.1 Å². The van der Waals surface area contributed by atoms with E-state index in [0.29, 0.717) is 17.1 Å². The van der Waals surface area contributed by atoms with Gasteiger partial charge in [-0.15, -0.1) is 0 Å². The molecule has 4 rings (SSSR count). The molecule has 0 unspecified atom stereocenters. The van der Waals surface area contributed by atoms with Crippen molar-refractivity contribution in [3.63, 3.8) is 0 Å². The van der Waals surface area contributed by atoms with Crippen molar-refractivity contribution in [3.05, 3.63) is 90.0 Å². The molecule has 7 heteroatoms. The minimum absolute atomic E-state index is 0.580. The van der Waals surface area contributed by atoms with E-state index in [1.54, 1.807) is 24.3 Å². The molecule has 158 valence electrons. The number of nitrogens with two attached hydrogens (primary N) is 2. The third kappa shape index (κ3) is 5.98. The van der Waals surface area contributed by atoms with Gasteiger partial charge in [-0.3, -0.25) is 11.3 Å². The maximum atomic E-state index is 8.38. The van der Waals surface area contributed by atoms with Crippen molar-refractivity contribution in [2.45, 2.75) is 0 Å². The minimum atomic E-state index is 0.580. The fourth-order valence-electron chi connectivity index (χ4n) is 3.29. The number of nitrogen functional groups attached to an aromatic ring is 2. The maximum absolute atomic E-state index is 8.38. The summed E-state index contributed by atoms with van der Waals surface area (Å²) in [7, 11) is 0. The van der Waals surface area contributed by atoms with E-state index in [0.717, 1.165) is 37.4 Å². The number of para-hydroxylation sites is 1. The summed E-state index contributed by atoms with van der Waals surface area (Å²) < 4.78 is 0. The molecular weight excluding hydrogens is 386 g/mol. The summed E-state index contributed by atoms with van der Waals surface area (Å²) in [6.45, 7) is 3.61. The van der Waals surface area contributed by atoms with Crippen LogP contribution in [0.25, 0.3) is 0 Å². The molecule has 0 spiro atoms. The Morgan fingerprint density at radius 3 is 2.03 bits per heavy atom. The second-order valence-corrected chi connectivity index (χ2v) is 7.11. The second-order valence-electron chi connectivity index (χ2n) is 7.11. The van der Waals surface area contributed by atoms with E-state index in [1.807, 2.05) is 36.4 Å². The standard InChI is InChI=1S/C17H21N5.C7H6N2/c18-17(14-6-8-15(20-19)9-7-14)22-12-10-21(11-13-22)16-4-2-1-3-5-16;8-5-6-1-3-7(9)4-2-6/h1-9,18,20H,10-13,19H2;1-4H,9H2. The van der Waals surface area contributed by atoms with E-state index in [1.165, 1.54) is 5.69 Å². The zero-order chi connectivity index (χ0) is 22.1. The number of hydrogen-bond donors (Lipinski definition) is 4. The van der Waals surface area contributed by atoms with Crippen LogP contribution in [0.3, 0.4) is 0 Å². The molecule has 31 heavy (non-hydrogen) atoms. The summed E-state index contributed by atoms with van der Waals surface area (Å²) in [5, 5.41) is 16.7. The van der Waals surface area contributed by atoms with Crippen LogP contribution < -0.4 is 21.9 Å². The van der Waals surface area contributed by atoms with E-state index in [9.17, 15) is 0 Å². The summed E-state index contributed by atoms with van der Waals surface area (Å²) in [6.07, 6.45) is 0. The van der Waals surface area contributed by atoms with Gasteiger partial charge in [-0.1, -0.05) is 18.2 Å². The Kier molecular flexibility index (Phi) is 7.46. The van der Waals surface area contributed by atoms with Crippen LogP contribution in [0.4, 0.5) is 17.1 Å². The Morgan fingerprint density at radius 2 is 1.48 bits per heavy atom. The van der Waals surface area contributed by atoms with Crippen molar-refractivity contribution < 1.29 is 0 Å². The second kappa shape index (κ2) is 10.7. The van der Waals surface area contributed by atoms with Crippen molar-refractivity contribution in [1.29, 1.82) is 10.7 Å². The average molecular weight is 414 g/mol. The first-order chi connectivity index (χ1) is 15.1. The molecule has 1 aliphatic rings. The number of nitriles is 1. The van der Waals surface area contributed by atoms with E-state index in [2.05, 4.69) is 39.5 Å². The highest BCUT2D eigenvalue weighted by Crippen LogP contribution is 2.17. The fraction of sp³-hybridized carbons (Fsp3) is 0.167. The van der Waals surface area contributed by atoms with E-state index >= 15 is 0 Å². The molecule has 0 aromatic heterocycles. The van der Waals surface area contributed by atoms with Gasteiger partial charge < -0.3 is 21.0 Å². The Morgan fingerprint density at radius 1 is 0.871 bits per heavy atom. The third-order valence-corrected chi connectivity index (χ3v) is 5.08. The Labute approximate surface area is 183 Å². The van der Waals surface area contributed by atoms with E-state index in [-0.39, 0.29) is 0 Å². The summed E-state index contributed by atoms with van der Waals surface area (Å²) in [5.74, 6) is 5.95. The average Bonchev–Trinajstić information content (AvgIpc) is 2.85. The van der Waals surface area contributed by atoms with Gasteiger partial charge >= 0.3 is 0 Å². The van der Waals surface area contributed by atoms with Crippen molar-refractivity contribution >= 4 is 22.9 Å². The van der Waals surface area contributed by atoms with Gasteiger partial charge in [0.1, 0.15) is 5.84 Å². The van der Waals surface area contributed by atoms with Crippen molar-refractivity contribution in [2.24, 2.45) is 5.84 Å². The van der Waals surface area contributed by atoms with Gasteiger partial charge in [-0.2, -0.15) is 5.26 Å². The first kappa shape index (κ1) is 21.7. The molecule has 1 saturated heterocycles. The van der Waals surface area contributed by atoms with Gasteiger partial charge in [-0.25, -0.2) is 0 Å². The Bertz CT molecular complexity index is 1000. The summed E-state index contributed by atoms with van der Waals surface area (Å²) in [6, 6.07) is 26.9. The lowest BCUT2D eigenvalue weighted by Crippen LogP contribution is -2.48. The molecule has 0 saturated carbocycles. The molecule has 3 aromatic rings. The SMILES string of the molecule is N#Cc1ccc(N)cc1.N=C(c1ccc(NN)cc1)N1CCN(c2ccccc2)CC1. The van der Waals surface area contributed by atoms with Crippen LogP contribution in [0.5, 0.6) is 0 Å². The predicted octanol–water partition coefficient (Wildman–Crippen LogP) is 3.26. The molecule has 1 aliphatic heterocycles. The van der Waals surface area contributed by atoms with Crippen LogP contribution >= 0.6 is 0 Å². The van der Waals surface area contributed by atoms with Crippen molar-refractivity contribution in [3.8, 4) is 6.07 Å². The molecule has 1 fully saturated rings. The first-order valence-corrected chi connectivity index (χ1v) is 10.1. The lowest BCUT2D eigenvalue weighted by Gasteiger charge is -2.37. The van der Waals surface area contributed by atoms with Gasteiger partial charge in [0, 0.05) is 48.8 Å². The van der Waals surface area contributed by atoms with Crippen LogP contribution in [0.15, 0.2) is 78.9 Å². The highest BCUT2D eigenvalue weighted by Gasteiger charge is 2.19. The Balaban J connectivity index is 0.000000254. The fourth-order valence-corrected chi connectivity index (χ4v) is 3.29. The molecule has 0 atom stereocenters. The smallest absolute Gasteiger partial charge is 0.128 e. The summed E-state index contributed by atoms with van der Waals surface area (Å²) in [5.41, 5.74) is 12.3. The molecule has 3 aromatic carbocycles. The van der Waals surface area contributed by atoms with Crippen LogP contribution in [-0.4, -0.2) is 36.9 Å². The summed E-state index contributed by atoms with van der Waals surface area (Å²) in [4.78, 5) is 4.50. The molecule has 1 heterocycles. The first-order valence-electron chi connectivity index (χ1n) is 10.1. The summed E-state index contributed by atoms with van der Waals surface area (Å²) >= 11 is 0. The quantitative estimate of drug-likeness (QED) is 0.172. The van der Waals surface area contributed by atoms with E-state index < -0.39 is 0 Å². The van der Waals surface area contributed by atoms with E-state index in [4.69, 9.17) is 22.2 Å². The van der Waals surface area contributed by atoms with Gasteiger partial charge in [0.15, 0.2) is 0 Å². The number of nitrogens with zero attached hydrogens (tertiary/aromatic N) is 3. The number of nitrogens with one attached hydrogen (secondary N) is 2. The third-order valence-electron chi connectivity index (χ3n) is 5.08. The Hall–Kier alpha value is -4.02. The van der Waals surface area contributed by atoms with Crippen molar-refractivity contribution in [2.75, 3.05) is 42.2 Å². The molecule has 7 nitrogen and oxygen atoms in total. The topological polar surface area (TPSA) is 118 Å². The highest BCUT2D eigenvalue weighted by molar-refractivity contribution is 5.96. The van der Waals surface area contributed by atoms with Crippen LogP contribution in [-0.2, 0) is 0 Å². The lowest BCUT2D eigenvalue weighted by atomic mass is 10.1. The number of rotatable bonds is 3. The molecule has 6 N–H and O–H groups in total. The highest BCUT2D eigenvalue weighted by atomic mass is 15.3. The lowest BCUT2D eigenvalue weighted by molar-refractivity contribution is 0.384. The number of anilines is 3. The van der Waals surface area contributed by atoms with Crippen LogP contribution in [0, 0.1) is 16.7 Å². The zero-order valence-electron chi connectivity index (χ0n) is 17.3. The minimum Gasteiger partial charge on any atom is -0.399 e. The maximum Gasteiger partial charge on any atom is 0.128 e. The number of hydrogen-bond acceptors (Lipinski definition) is 6. The molecule has 0 amide bonds. The van der Waals surface area contributed by atoms with Crippen molar-refractivity contribution in [1.82, 2.24) is 4.90 Å². The number of piperazine rings is 1. The number of amidine groups is 1. The van der Waals surface area contributed by atoms with Crippen LogP contribution in [0.2, 0.25) is 0 Å². The molecular formula is C24H27N7. The normalized spacial score (nSPS) is 12.9. The molecule has 0 aliphatic carbocycles. The molecule has 0 radical (unpaired) electrons. The zero-order valence-corrected chi connectivity index (χ0v) is 17.3. The van der Waals surface area contributed by atoms with Gasteiger partial charge in [-0.05, 0) is 60.7 Å². The van der Waals surface area contributed by atoms with Gasteiger partial charge in [0.25, 0.3) is 0 Å². The largest absolute Gasteiger partial charge is 0.399 e. The number of benzene rings is 3. The number of hydrazine groups is 1. The van der Waals surface area contributed by atoms with Gasteiger partial charge in [0.2, 0.25) is 0 Å². The molecule has 0 bridgehead atoms.